The summed E-state index contributed by atoms with van der Waals surface area (Å²) in [6.07, 6.45) is 2.77. The van der Waals surface area contributed by atoms with Crippen LogP contribution < -0.4 is 0 Å². The van der Waals surface area contributed by atoms with Crippen LogP contribution in [-0.2, 0) is 33.8 Å². The van der Waals surface area contributed by atoms with Crippen molar-refractivity contribution in [1.82, 2.24) is 29.5 Å². The van der Waals surface area contributed by atoms with Crippen molar-refractivity contribution in [2.45, 2.75) is 71.1 Å². The molecule has 2 aromatic heterocycles. The van der Waals surface area contributed by atoms with Crippen LogP contribution in [0.25, 0.3) is 0 Å². The number of aromatic nitrogens is 6. The Kier molecular flexibility index (Phi) is 10.6. The zero-order chi connectivity index (χ0) is 32.9. The number of rotatable bonds is 9. The lowest BCUT2D eigenvalue weighted by atomic mass is 9.87. The van der Waals surface area contributed by atoms with Gasteiger partial charge in [-0.2, -0.15) is 10.2 Å². The molecule has 0 saturated carbocycles. The standard InChI is InChI=1S/C17H21F2N3O3.C12H13F2N3O2/c1-11(25-15(23)16(2,3)4)17(24,8-22-10-20-9-21-22)13-6-5-12(18)7-14(13)19;1-8(18)12(19,5-17-7-15-6-16-17)10-3-2-9(13)4-11(10)14/h5-7,9-11,24H,8H2,1-4H3;2-4,6-8,18-19H,5H2,1H3/t11-,17+;8-,12+/m11/s1. The summed E-state index contributed by atoms with van der Waals surface area (Å²) in [4.78, 5) is 19.6. The van der Waals surface area contributed by atoms with Gasteiger partial charge in [0, 0.05) is 23.3 Å². The quantitative estimate of drug-likeness (QED) is 0.189. The van der Waals surface area contributed by atoms with Crippen LogP contribution >= 0.6 is 0 Å². The fraction of sp³-hybridized carbons (Fsp3) is 0.414. The molecule has 0 aliphatic rings. The number of aliphatic hydroxyl groups excluding tert-OH is 1. The number of halogens is 4. The molecule has 0 aliphatic heterocycles. The van der Waals surface area contributed by atoms with E-state index in [1.54, 1.807) is 20.8 Å². The molecule has 4 rings (SSSR count). The average Bonchev–Trinajstić information content (AvgIpc) is 3.62. The van der Waals surface area contributed by atoms with E-state index in [0.29, 0.717) is 12.1 Å². The molecule has 238 valence electrons. The molecule has 0 aliphatic carbocycles. The summed E-state index contributed by atoms with van der Waals surface area (Å²) >= 11 is 0. The highest BCUT2D eigenvalue weighted by atomic mass is 19.1. The molecule has 15 heteroatoms. The van der Waals surface area contributed by atoms with E-state index >= 15 is 0 Å². The van der Waals surface area contributed by atoms with Crippen LogP contribution in [0.4, 0.5) is 17.6 Å². The number of carbonyl (C=O) groups excluding carboxylic acids is 1. The van der Waals surface area contributed by atoms with Gasteiger partial charge < -0.3 is 20.1 Å². The van der Waals surface area contributed by atoms with Crippen molar-refractivity contribution < 1.29 is 42.4 Å². The van der Waals surface area contributed by atoms with Crippen molar-refractivity contribution >= 4 is 5.97 Å². The van der Waals surface area contributed by atoms with Gasteiger partial charge in [-0.15, -0.1) is 0 Å². The first kappa shape index (κ1) is 34.3. The maximum atomic E-state index is 14.3. The van der Waals surface area contributed by atoms with Gasteiger partial charge in [0.15, 0.2) is 0 Å². The van der Waals surface area contributed by atoms with Crippen molar-refractivity contribution in [3.8, 4) is 0 Å². The van der Waals surface area contributed by atoms with Gasteiger partial charge in [0.2, 0.25) is 0 Å². The second-order valence-corrected chi connectivity index (χ2v) is 11.3. The number of hydrogen-bond acceptors (Lipinski definition) is 9. The number of esters is 1. The molecule has 0 bridgehead atoms. The van der Waals surface area contributed by atoms with Crippen molar-refractivity contribution in [1.29, 1.82) is 0 Å². The molecule has 4 aromatic rings. The Hall–Kier alpha value is -4.21. The van der Waals surface area contributed by atoms with Crippen LogP contribution in [0.15, 0.2) is 61.7 Å². The normalized spacial score (nSPS) is 15.7. The Morgan fingerprint density at radius 3 is 1.61 bits per heavy atom. The predicted molar refractivity (Wildman–Crippen MR) is 147 cm³/mol. The van der Waals surface area contributed by atoms with Crippen molar-refractivity contribution in [2.75, 3.05) is 0 Å². The smallest absolute Gasteiger partial charge is 0.311 e. The molecule has 0 radical (unpaired) electrons. The second kappa shape index (κ2) is 13.6. The van der Waals surface area contributed by atoms with Gasteiger partial charge in [0.25, 0.3) is 0 Å². The van der Waals surface area contributed by atoms with E-state index in [-0.39, 0.29) is 24.2 Å². The van der Waals surface area contributed by atoms with Gasteiger partial charge >= 0.3 is 5.97 Å². The molecule has 0 fully saturated rings. The summed E-state index contributed by atoms with van der Waals surface area (Å²) in [6.45, 7) is 7.33. The summed E-state index contributed by atoms with van der Waals surface area (Å²) in [6, 6.07) is 5.61. The minimum absolute atomic E-state index is 0.195. The highest BCUT2D eigenvalue weighted by molar-refractivity contribution is 5.75. The lowest BCUT2D eigenvalue weighted by Crippen LogP contribution is -2.46. The van der Waals surface area contributed by atoms with Gasteiger partial charge in [-0.05, 0) is 46.8 Å². The highest BCUT2D eigenvalue weighted by Gasteiger charge is 2.43. The minimum Gasteiger partial charge on any atom is -0.459 e. The summed E-state index contributed by atoms with van der Waals surface area (Å²) in [5.41, 5.74) is -5.08. The zero-order valence-electron chi connectivity index (χ0n) is 24.7. The van der Waals surface area contributed by atoms with E-state index in [2.05, 4.69) is 20.2 Å². The Labute approximate surface area is 250 Å². The predicted octanol–water partition coefficient (Wildman–Crippen LogP) is 3.25. The van der Waals surface area contributed by atoms with Crippen LogP contribution in [0.1, 0.15) is 45.7 Å². The molecule has 44 heavy (non-hydrogen) atoms. The van der Waals surface area contributed by atoms with E-state index in [4.69, 9.17) is 4.74 Å². The third-order valence-corrected chi connectivity index (χ3v) is 6.79. The van der Waals surface area contributed by atoms with Crippen molar-refractivity contribution in [3.63, 3.8) is 0 Å². The zero-order valence-corrected chi connectivity index (χ0v) is 24.7. The summed E-state index contributed by atoms with van der Waals surface area (Å²) < 4.78 is 62.1. The molecule has 0 amide bonds. The fourth-order valence-corrected chi connectivity index (χ4v) is 4.11. The first-order valence-electron chi connectivity index (χ1n) is 13.4. The van der Waals surface area contributed by atoms with Gasteiger partial charge in [-0.3, -0.25) is 4.79 Å². The SMILES string of the molecule is C[C@@H](O)[C@@](O)(Cn1cncn1)c1ccc(F)cc1F.C[C@@H](OC(=O)C(C)(C)C)[C@@](O)(Cn1cncn1)c1ccc(F)cc1F. The van der Waals surface area contributed by atoms with Gasteiger partial charge in [0.05, 0.1) is 24.6 Å². The summed E-state index contributed by atoms with van der Waals surface area (Å²) in [5.74, 6) is -3.96. The monoisotopic (exact) mass is 622 g/mol. The maximum absolute atomic E-state index is 14.3. The van der Waals surface area contributed by atoms with E-state index < -0.39 is 58.1 Å². The minimum atomic E-state index is -1.97. The average molecular weight is 623 g/mol. The summed E-state index contributed by atoms with van der Waals surface area (Å²) in [7, 11) is 0. The Morgan fingerprint density at radius 1 is 0.818 bits per heavy atom. The fourth-order valence-electron chi connectivity index (χ4n) is 4.11. The Morgan fingerprint density at radius 2 is 1.25 bits per heavy atom. The molecule has 2 aromatic carbocycles. The number of aliphatic hydroxyl groups is 3. The number of nitrogens with zero attached hydrogens (tertiary/aromatic N) is 6. The second-order valence-electron chi connectivity index (χ2n) is 11.3. The highest BCUT2D eigenvalue weighted by Crippen LogP contribution is 2.33. The van der Waals surface area contributed by atoms with Crippen LogP contribution in [0.5, 0.6) is 0 Å². The van der Waals surface area contributed by atoms with E-state index in [9.17, 15) is 37.7 Å². The maximum Gasteiger partial charge on any atom is 0.311 e. The molecule has 0 spiro atoms. The van der Waals surface area contributed by atoms with Crippen molar-refractivity contribution in [3.05, 3.63) is 96.1 Å². The lowest BCUT2D eigenvalue weighted by molar-refractivity contribution is -0.176. The summed E-state index contributed by atoms with van der Waals surface area (Å²) in [5, 5.41) is 39.1. The van der Waals surface area contributed by atoms with E-state index in [0.717, 1.165) is 24.3 Å². The largest absolute Gasteiger partial charge is 0.459 e. The van der Waals surface area contributed by atoms with E-state index in [1.165, 1.54) is 48.5 Å². The van der Waals surface area contributed by atoms with Gasteiger partial charge in [-0.1, -0.05) is 12.1 Å². The lowest BCUT2D eigenvalue weighted by Gasteiger charge is -2.35. The Bertz CT molecular complexity index is 1530. The topological polar surface area (TPSA) is 148 Å². The number of hydrogen-bond donors (Lipinski definition) is 3. The Balaban J connectivity index is 0.000000249. The molecule has 3 N–H and O–H groups in total. The van der Waals surface area contributed by atoms with Gasteiger partial charge in [0.1, 0.15) is 65.9 Å². The number of carbonyl (C=O) groups is 1. The third-order valence-electron chi connectivity index (χ3n) is 6.79. The van der Waals surface area contributed by atoms with Crippen LogP contribution in [0, 0.1) is 28.7 Å². The first-order chi connectivity index (χ1) is 20.5. The number of benzene rings is 2. The molecule has 4 atom stereocenters. The molecule has 2 heterocycles. The molecule has 11 nitrogen and oxygen atoms in total. The molecular weight excluding hydrogens is 588 g/mol. The first-order valence-corrected chi connectivity index (χ1v) is 13.4. The number of ether oxygens (including phenoxy) is 1. The van der Waals surface area contributed by atoms with Crippen LogP contribution in [0.2, 0.25) is 0 Å². The third kappa shape index (κ3) is 8.03. The molecule has 0 unspecified atom stereocenters. The molecule has 0 saturated heterocycles. The van der Waals surface area contributed by atoms with E-state index in [1.807, 2.05) is 0 Å². The van der Waals surface area contributed by atoms with Crippen LogP contribution in [-0.4, -0.2) is 63.0 Å². The van der Waals surface area contributed by atoms with Crippen molar-refractivity contribution in [2.24, 2.45) is 5.41 Å². The van der Waals surface area contributed by atoms with Crippen LogP contribution in [0.3, 0.4) is 0 Å². The molecular formula is C29H34F4N6O5. The van der Waals surface area contributed by atoms with Gasteiger partial charge in [-0.25, -0.2) is 36.9 Å².